The number of rotatable bonds is 5. The summed E-state index contributed by atoms with van der Waals surface area (Å²) in [6.45, 7) is 0.0672. The van der Waals surface area contributed by atoms with E-state index in [4.69, 9.17) is 4.74 Å². The molecule has 0 spiro atoms. The first-order valence-electron chi connectivity index (χ1n) is 6.52. The first-order valence-corrected chi connectivity index (χ1v) is 6.52. The molecule has 0 heterocycles. The molecule has 0 radical (unpaired) electrons. The molecule has 2 rings (SSSR count). The molecule has 1 N–H and O–H groups in total. The van der Waals surface area contributed by atoms with Crippen LogP contribution in [0.25, 0.3) is 0 Å². The zero-order valence-corrected chi connectivity index (χ0v) is 11.8. The number of carbonyl (C=O) groups is 1. The van der Waals surface area contributed by atoms with E-state index in [9.17, 15) is 18.0 Å². The number of halogens is 3. The zero-order chi connectivity index (χ0) is 16.1. The van der Waals surface area contributed by atoms with Gasteiger partial charge in [-0.15, -0.1) is 0 Å². The average Bonchev–Trinajstić information content (AvgIpc) is 2.50. The summed E-state index contributed by atoms with van der Waals surface area (Å²) in [5.41, 5.74) is 0.557. The zero-order valence-electron chi connectivity index (χ0n) is 11.8. The second-order valence-corrected chi connectivity index (χ2v) is 4.62. The first-order chi connectivity index (χ1) is 10.5. The fraction of sp³-hybridized carbons (Fsp3) is 0.188. The van der Waals surface area contributed by atoms with Gasteiger partial charge in [-0.3, -0.25) is 4.79 Å². The molecule has 0 saturated heterocycles. The number of benzene rings is 2. The number of methoxy groups -OCH3 is 1. The SMILES string of the molecule is CO[C@@H](CNC(=O)c1ccc(F)c(F)c1)c1cccc(F)c1. The molecule has 3 nitrogen and oxygen atoms in total. The second kappa shape index (κ2) is 7.09. The van der Waals surface area contributed by atoms with Crippen LogP contribution < -0.4 is 5.32 Å². The quantitative estimate of drug-likeness (QED) is 0.921. The summed E-state index contributed by atoms with van der Waals surface area (Å²) in [6, 6.07) is 8.68. The minimum absolute atomic E-state index is 0.00649. The molecule has 116 valence electrons. The molecule has 2 aromatic carbocycles. The highest BCUT2D eigenvalue weighted by atomic mass is 19.2. The molecule has 0 aliphatic rings. The van der Waals surface area contributed by atoms with Gasteiger partial charge in [-0.05, 0) is 35.9 Å². The molecule has 0 unspecified atom stereocenters. The Balaban J connectivity index is 2.03. The Kier molecular flexibility index (Phi) is 5.16. The molecule has 0 aliphatic carbocycles. The van der Waals surface area contributed by atoms with Gasteiger partial charge in [0, 0.05) is 19.2 Å². The van der Waals surface area contributed by atoms with Crippen molar-refractivity contribution in [1.29, 1.82) is 0 Å². The second-order valence-electron chi connectivity index (χ2n) is 4.62. The summed E-state index contributed by atoms with van der Waals surface area (Å²) in [7, 11) is 1.43. The Hall–Kier alpha value is -2.34. The van der Waals surface area contributed by atoms with Crippen LogP contribution in [-0.4, -0.2) is 19.6 Å². The molecule has 1 amide bonds. The predicted octanol–water partition coefficient (Wildman–Crippen LogP) is 3.22. The first kappa shape index (κ1) is 16.0. The summed E-state index contributed by atoms with van der Waals surface area (Å²) < 4.78 is 44.3. The molecule has 2 aromatic rings. The molecule has 22 heavy (non-hydrogen) atoms. The van der Waals surface area contributed by atoms with Gasteiger partial charge in [0.15, 0.2) is 11.6 Å². The summed E-state index contributed by atoms with van der Waals surface area (Å²) >= 11 is 0. The molecule has 6 heteroatoms. The van der Waals surface area contributed by atoms with Crippen LogP contribution in [0.5, 0.6) is 0 Å². The van der Waals surface area contributed by atoms with Gasteiger partial charge in [-0.2, -0.15) is 0 Å². The van der Waals surface area contributed by atoms with E-state index in [0.717, 1.165) is 12.1 Å². The molecular weight excluding hydrogens is 295 g/mol. The molecular formula is C16H14F3NO2. The van der Waals surface area contributed by atoms with E-state index in [1.54, 1.807) is 6.07 Å². The fourth-order valence-corrected chi connectivity index (χ4v) is 1.97. The average molecular weight is 309 g/mol. The van der Waals surface area contributed by atoms with E-state index in [0.29, 0.717) is 5.56 Å². The van der Waals surface area contributed by atoms with E-state index in [1.807, 2.05) is 0 Å². The Morgan fingerprint density at radius 2 is 1.91 bits per heavy atom. The highest BCUT2D eigenvalue weighted by molar-refractivity contribution is 5.94. The van der Waals surface area contributed by atoms with E-state index < -0.39 is 29.5 Å². The lowest BCUT2D eigenvalue weighted by Crippen LogP contribution is -2.29. The Morgan fingerprint density at radius 1 is 1.14 bits per heavy atom. The topological polar surface area (TPSA) is 38.3 Å². The monoisotopic (exact) mass is 309 g/mol. The number of hydrogen-bond donors (Lipinski definition) is 1. The van der Waals surface area contributed by atoms with Crippen molar-refractivity contribution in [1.82, 2.24) is 5.32 Å². The molecule has 0 fully saturated rings. The van der Waals surface area contributed by atoms with Gasteiger partial charge < -0.3 is 10.1 Å². The molecule has 0 aliphatic heterocycles. The van der Waals surface area contributed by atoms with Crippen LogP contribution >= 0.6 is 0 Å². The smallest absolute Gasteiger partial charge is 0.251 e. The maximum Gasteiger partial charge on any atom is 0.251 e. The standard InChI is InChI=1S/C16H14F3NO2/c1-22-15(10-3-2-4-12(17)7-10)9-20-16(21)11-5-6-13(18)14(19)8-11/h2-8,15H,9H2,1H3,(H,20,21)/t15-/m0/s1. The maximum absolute atomic E-state index is 13.2. The third kappa shape index (κ3) is 3.85. The van der Waals surface area contributed by atoms with Crippen molar-refractivity contribution in [3.8, 4) is 0 Å². The third-order valence-electron chi connectivity index (χ3n) is 3.13. The minimum Gasteiger partial charge on any atom is -0.375 e. The van der Waals surface area contributed by atoms with Crippen molar-refractivity contribution in [3.05, 3.63) is 71.0 Å². The van der Waals surface area contributed by atoms with Crippen LogP contribution in [-0.2, 0) is 4.74 Å². The van der Waals surface area contributed by atoms with Crippen LogP contribution in [0.1, 0.15) is 22.0 Å². The van der Waals surface area contributed by atoms with Crippen molar-refractivity contribution in [2.45, 2.75) is 6.10 Å². The highest BCUT2D eigenvalue weighted by Crippen LogP contribution is 2.17. The number of nitrogens with one attached hydrogen (secondary N) is 1. The normalized spacial score (nSPS) is 12.0. The van der Waals surface area contributed by atoms with Crippen molar-refractivity contribution in [3.63, 3.8) is 0 Å². The Bertz CT molecular complexity index is 676. The Labute approximate surface area is 125 Å². The van der Waals surface area contributed by atoms with Crippen molar-refractivity contribution in [2.24, 2.45) is 0 Å². The van der Waals surface area contributed by atoms with E-state index in [2.05, 4.69) is 5.32 Å². The third-order valence-corrected chi connectivity index (χ3v) is 3.13. The van der Waals surface area contributed by atoms with Crippen molar-refractivity contribution < 1.29 is 22.7 Å². The lowest BCUT2D eigenvalue weighted by Gasteiger charge is -2.16. The largest absolute Gasteiger partial charge is 0.375 e. The number of amides is 1. The molecule has 0 aromatic heterocycles. The number of hydrogen-bond acceptors (Lipinski definition) is 2. The van der Waals surface area contributed by atoms with Gasteiger partial charge in [0.1, 0.15) is 5.82 Å². The van der Waals surface area contributed by atoms with Crippen LogP contribution in [0.15, 0.2) is 42.5 Å². The van der Waals surface area contributed by atoms with Crippen LogP contribution in [0.4, 0.5) is 13.2 Å². The van der Waals surface area contributed by atoms with E-state index >= 15 is 0 Å². The molecule has 1 atom stereocenters. The Morgan fingerprint density at radius 3 is 2.55 bits per heavy atom. The van der Waals surface area contributed by atoms with Crippen LogP contribution in [0.2, 0.25) is 0 Å². The molecule has 0 bridgehead atoms. The van der Waals surface area contributed by atoms with Crippen molar-refractivity contribution in [2.75, 3.05) is 13.7 Å². The van der Waals surface area contributed by atoms with Gasteiger partial charge in [-0.1, -0.05) is 12.1 Å². The number of carbonyl (C=O) groups excluding carboxylic acids is 1. The van der Waals surface area contributed by atoms with Crippen LogP contribution in [0, 0.1) is 17.5 Å². The number of ether oxygens (including phenoxy) is 1. The molecule has 0 saturated carbocycles. The fourth-order valence-electron chi connectivity index (χ4n) is 1.97. The van der Waals surface area contributed by atoms with Gasteiger partial charge in [0.2, 0.25) is 0 Å². The van der Waals surface area contributed by atoms with Gasteiger partial charge in [-0.25, -0.2) is 13.2 Å². The summed E-state index contributed by atoms with van der Waals surface area (Å²) in [5.74, 6) is -3.10. The summed E-state index contributed by atoms with van der Waals surface area (Å²) in [4.78, 5) is 11.9. The van der Waals surface area contributed by atoms with Crippen molar-refractivity contribution >= 4 is 5.91 Å². The van der Waals surface area contributed by atoms with Gasteiger partial charge in [0.25, 0.3) is 5.91 Å². The lowest BCUT2D eigenvalue weighted by molar-refractivity contribution is 0.0826. The maximum atomic E-state index is 13.2. The predicted molar refractivity (Wildman–Crippen MR) is 74.8 cm³/mol. The minimum atomic E-state index is -1.10. The summed E-state index contributed by atoms with van der Waals surface area (Å²) in [6.07, 6.45) is -0.551. The van der Waals surface area contributed by atoms with Gasteiger partial charge >= 0.3 is 0 Å². The summed E-state index contributed by atoms with van der Waals surface area (Å²) in [5, 5.41) is 2.54. The van der Waals surface area contributed by atoms with Crippen LogP contribution in [0.3, 0.4) is 0 Å². The highest BCUT2D eigenvalue weighted by Gasteiger charge is 2.14. The van der Waals surface area contributed by atoms with Gasteiger partial charge in [0.05, 0.1) is 6.10 Å². The van der Waals surface area contributed by atoms with E-state index in [1.165, 1.54) is 31.4 Å². The lowest BCUT2D eigenvalue weighted by atomic mass is 10.1. The van der Waals surface area contributed by atoms with E-state index in [-0.39, 0.29) is 12.1 Å².